The van der Waals surface area contributed by atoms with E-state index in [4.69, 9.17) is 21.3 Å². The van der Waals surface area contributed by atoms with Gasteiger partial charge < -0.3 is 0 Å². The molecule has 0 bridgehead atoms. The summed E-state index contributed by atoms with van der Waals surface area (Å²) in [6.07, 6.45) is 6.74. The Labute approximate surface area is 209 Å². The Morgan fingerprint density at radius 1 is 1.32 bits per heavy atom. The average Bonchev–Trinajstić information content (AvgIpc) is 3.35. The molecule has 2 aromatic heterocycles. The van der Waals surface area contributed by atoms with Crippen molar-refractivity contribution >= 4 is 43.7 Å². The fourth-order valence-corrected chi connectivity index (χ4v) is 6.45. The topological polar surface area (TPSA) is 113 Å². The van der Waals surface area contributed by atoms with Crippen LogP contribution in [0.25, 0.3) is 0 Å². The first kappa shape index (κ1) is 24.4. The molecule has 2 atom stereocenters. The summed E-state index contributed by atoms with van der Waals surface area (Å²) in [5.41, 5.74) is 1.52. The first-order valence-electron chi connectivity index (χ1n) is 10.9. The number of aromatic nitrogens is 4. The summed E-state index contributed by atoms with van der Waals surface area (Å²) in [4.78, 5) is 32.6. The van der Waals surface area contributed by atoms with Crippen LogP contribution in [0.3, 0.4) is 0 Å². The van der Waals surface area contributed by atoms with E-state index < -0.39 is 15.8 Å². The number of nitrogens with one attached hydrogen (secondary N) is 1. The van der Waals surface area contributed by atoms with E-state index in [1.807, 2.05) is 23.1 Å². The SMILES string of the molecule is COc1ccc(C[AsH]c2nc(N3CCCC3CO)ncc2C(=O)NCc2ncccn2)cc1Cl. The quantitative estimate of drug-likeness (QED) is 0.385. The fourth-order valence-electron chi connectivity index (χ4n) is 3.78. The van der Waals surface area contributed by atoms with E-state index in [0.717, 1.165) is 34.6 Å². The van der Waals surface area contributed by atoms with Crippen molar-refractivity contribution in [2.24, 2.45) is 0 Å². The predicted octanol–water partition coefficient (Wildman–Crippen LogP) is 1.08. The number of amides is 1. The Kier molecular flexibility index (Phi) is 8.32. The molecule has 34 heavy (non-hydrogen) atoms. The number of aliphatic hydroxyl groups excluding tert-OH is 1. The van der Waals surface area contributed by atoms with Crippen LogP contribution in [0.1, 0.15) is 34.6 Å². The third-order valence-electron chi connectivity index (χ3n) is 5.57. The van der Waals surface area contributed by atoms with E-state index in [1.165, 1.54) is 0 Å². The van der Waals surface area contributed by atoms with Crippen LogP contribution in [0.15, 0.2) is 42.9 Å². The number of halogens is 1. The number of nitrogens with zero attached hydrogens (tertiary/aromatic N) is 5. The van der Waals surface area contributed by atoms with Gasteiger partial charge in [-0.05, 0) is 0 Å². The zero-order valence-corrected chi connectivity index (χ0v) is 21.6. The minimum atomic E-state index is -0.848. The second-order valence-corrected chi connectivity index (χ2v) is 10.7. The van der Waals surface area contributed by atoms with Crippen LogP contribution in [0.2, 0.25) is 5.02 Å². The monoisotopic (exact) mass is 544 g/mol. The summed E-state index contributed by atoms with van der Waals surface area (Å²) < 4.78 is 6.00. The second kappa shape index (κ2) is 11.6. The third kappa shape index (κ3) is 5.84. The van der Waals surface area contributed by atoms with E-state index in [9.17, 15) is 9.90 Å². The van der Waals surface area contributed by atoms with Crippen LogP contribution >= 0.6 is 11.6 Å². The Balaban J connectivity index is 1.56. The molecule has 1 amide bonds. The summed E-state index contributed by atoms with van der Waals surface area (Å²) in [6, 6.07) is 7.44. The number of rotatable bonds is 9. The number of anilines is 1. The van der Waals surface area contributed by atoms with Crippen molar-refractivity contribution in [1.82, 2.24) is 25.3 Å². The van der Waals surface area contributed by atoms with Crippen molar-refractivity contribution in [3.05, 3.63) is 64.8 Å². The fraction of sp³-hybridized carbons (Fsp3) is 0.348. The average molecular weight is 545 g/mol. The number of ether oxygens (including phenoxy) is 1. The summed E-state index contributed by atoms with van der Waals surface area (Å²) in [5, 5.41) is 13.9. The molecule has 3 aromatic rings. The molecule has 4 rings (SSSR count). The van der Waals surface area contributed by atoms with Crippen molar-refractivity contribution < 1.29 is 14.6 Å². The van der Waals surface area contributed by atoms with E-state index in [0.29, 0.717) is 28.1 Å². The van der Waals surface area contributed by atoms with Gasteiger partial charge in [-0.15, -0.1) is 0 Å². The summed E-state index contributed by atoms with van der Waals surface area (Å²) >= 11 is 5.45. The molecule has 1 saturated heterocycles. The Morgan fingerprint density at radius 2 is 2.15 bits per heavy atom. The van der Waals surface area contributed by atoms with Crippen molar-refractivity contribution in [3.8, 4) is 5.75 Å². The predicted molar refractivity (Wildman–Crippen MR) is 131 cm³/mol. The molecular weight excluding hydrogens is 519 g/mol. The van der Waals surface area contributed by atoms with E-state index >= 15 is 0 Å². The van der Waals surface area contributed by atoms with Gasteiger partial charge in [0.1, 0.15) is 0 Å². The molecule has 11 heteroatoms. The molecule has 1 aliphatic rings. The normalized spacial score (nSPS) is 15.7. The molecule has 2 unspecified atom stereocenters. The van der Waals surface area contributed by atoms with Crippen LogP contribution in [0.4, 0.5) is 5.95 Å². The summed E-state index contributed by atoms with van der Waals surface area (Å²) in [6.45, 7) is 1.06. The van der Waals surface area contributed by atoms with Crippen molar-refractivity contribution in [2.45, 2.75) is 30.6 Å². The molecule has 1 aliphatic heterocycles. The molecule has 9 nitrogen and oxygen atoms in total. The van der Waals surface area contributed by atoms with Crippen molar-refractivity contribution in [1.29, 1.82) is 0 Å². The maximum absolute atomic E-state index is 13.0. The number of methoxy groups -OCH3 is 1. The molecule has 1 aromatic carbocycles. The zero-order valence-electron chi connectivity index (χ0n) is 18.7. The molecule has 3 heterocycles. The van der Waals surface area contributed by atoms with Gasteiger partial charge >= 0.3 is 210 Å². The van der Waals surface area contributed by atoms with Crippen LogP contribution in [-0.4, -0.2) is 73.0 Å². The second-order valence-electron chi connectivity index (χ2n) is 7.77. The molecule has 0 aliphatic carbocycles. The Morgan fingerprint density at radius 3 is 2.88 bits per heavy atom. The number of aliphatic hydroxyl groups is 1. The van der Waals surface area contributed by atoms with Gasteiger partial charge in [0.2, 0.25) is 0 Å². The van der Waals surface area contributed by atoms with Crippen LogP contribution < -0.4 is 19.4 Å². The van der Waals surface area contributed by atoms with Gasteiger partial charge in [-0.1, -0.05) is 0 Å². The van der Waals surface area contributed by atoms with Crippen LogP contribution in [0.5, 0.6) is 5.75 Å². The number of hydrogen-bond acceptors (Lipinski definition) is 8. The standard InChI is InChI=1S/C23H26AsClN6O3/c1-34-19-6-5-15(10-18(19)25)11-24-21-17(22(33)28-13-20-26-7-3-8-27-20)12-29-23(30-21)31-9-2-4-16(31)14-32/h3,5-8,10,12,16,24,32H,2,4,9,11,13-14H2,1H3,(H,28,33). The van der Waals surface area contributed by atoms with Gasteiger partial charge in [-0.25, -0.2) is 0 Å². The third-order valence-corrected chi connectivity index (χ3v) is 8.59. The van der Waals surface area contributed by atoms with Gasteiger partial charge in [-0.2, -0.15) is 0 Å². The number of carbonyl (C=O) groups excluding carboxylic acids is 1. The molecule has 0 spiro atoms. The number of benzene rings is 1. The number of hydrogen-bond donors (Lipinski definition) is 2. The van der Waals surface area contributed by atoms with E-state index in [1.54, 1.807) is 31.8 Å². The summed E-state index contributed by atoms with van der Waals surface area (Å²) in [7, 11) is 1.58. The van der Waals surface area contributed by atoms with Crippen LogP contribution in [0, 0.1) is 0 Å². The molecular formula is C23H26AsClN6O3. The summed E-state index contributed by atoms with van der Waals surface area (Å²) in [5.74, 6) is 1.46. The molecule has 0 radical (unpaired) electrons. The maximum atomic E-state index is 13.0. The van der Waals surface area contributed by atoms with E-state index in [-0.39, 0.29) is 25.1 Å². The van der Waals surface area contributed by atoms with E-state index in [2.05, 4.69) is 20.3 Å². The van der Waals surface area contributed by atoms with Gasteiger partial charge in [-0.3, -0.25) is 0 Å². The van der Waals surface area contributed by atoms with Crippen LogP contribution in [-0.2, 0) is 11.8 Å². The van der Waals surface area contributed by atoms with Gasteiger partial charge in [0.15, 0.2) is 0 Å². The molecule has 1 fully saturated rings. The molecule has 0 saturated carbocycles. The molecule has 178 valence electrons. The Bertz CT molecular complexity index is 1140. The van der Waals surface area contributed by atoms with Gasteiger partial charge in [0, 0.05) is 0 Å². The first-order valence-corrected chi connectivity index (χ1v) is 13.8. The molecule has 2 N–H and O–H groups in total. The van der Waals surface area contributed by atoms with Crippen molar-refractivity contribution in [3.63, 3.8) is 0 Å². The van der Waals surface area contributed by atoms with Gasteiger partial charge in [0.05, 0.1) is 0 Å². The number of carbonyl (C=O) groups is 1. The van der Waals surface area contributed by atoms with Gasteiger partial charge in [0.25, 0.3) is 0 Å². The first-order chi connectivity index (χ1) is 16.6. The minimum absolute atomic E-state index is 0.00292. The Hall–Kier alpha value is -2.74. The zero-order chi connectivity index (χ0) is 23.9. The van der Waals surface area contributed by atoms with Crippen molar-refractivity contribution in [2.75, 3.05) is 25.2 Å².